The van der Waals surface area contributed by atoms with E-state index < -0.39 is 0 Å². The van der Waals surface area contributed by atoms with Crippen molar-refractivity contribution in [1.82, 2.24) is 0 Å². The standard InChI is InChI=1S/C54H36/c1-3-15-37(16-4-1)38-29-31-40(32-30-38)47-34-33-43(42-21-13-22-44(35-42)46-28-14-20-39-17-7-8-23-45(39)46)36-52(47)54-50-26-11-9-24-48(50)53(41-18-5-2-6-19-41)49-25-10-12-27-51(49)54/h1-36H. The summed E-state index contributed by atoms with van der Waals surface area (Å²) in [4.78, 5) is 0. The second-order valence-electron chi connectivity index (χ2n) is 14.0. The Morgan fingerprint density at radius 1 is 0.185 bits per heavy atom. The van der Waals surface area contributed by atoms with Crippen molar-refractivity contribution >= 4 is 32.3 Å². The maximum Gasteiger partial charge on any atom is -0.00199 e. The molecule has 0 heterocycles. The van der Waals surface area contributed by atoms with Crippen LogP contribution < -0.4 is 0 Å². The summed E-state index contributed by atoms with van der Waals surface area (Å²) in [5, 5.41) is 7.53. The molecule has 0 bridgehead atoms. The maximum absolute atomic E-state index is 2.43. The van der Waals surface area contributed by atoms with E-state index in [9.17, 15) is 0 Å². The second kappa shape index (κ2) is 13.5. The zero-order valence-electron chi connectivity index (χ0n) is 29.8. The first-order chi connectivity index (χ1) is 26.8. The number of rotatable bonds is 6. The Hall–Kier alpha value is -7.02. The Balaban J connectivity index is 1.22. The van der Waals surface area contributed by atoms with Crippen molar-refractivity contribution in [3.63, 3.8) is 0 Å². The molecule has 0 unspecified atom stereocenters. The molecule has 252 valence electrons. The third kappa shape index (κ3) is 5.57. The van der Waals surface area contributed by atoms with Crippen molar-refractivity contribution in [2.24, 2.45) is 0 Å². The lowest BCUT2D eigenvalue weighted by atomic mass is 9.82. The van der Waals surface area contributed by atoms with Crippen LogP contribution in [0.25, 0.3) is 99.1 Å². The summed E-state index contributed by atoms with van der Waals surface area (Å²) in [6.45, 7) is 0. The first kappa shape index (κ1) is 31.7. The molecule has 0 N–H and O–H groups in total. The van der Waals surface area contributed by atoms with Crippen LogP contribution in [-0.4, -0.2) is 0 Å². The molecule has 0 atom stereocenters. The van der Waals surface area contributed by atoms with Crippen molar-refractivity contribution in [3.8, 4) is 66.8 Å². The minimum absolute atomic E-state index is 1.19. The summed E-state index contributed by atoms with van der Waals surface area (Å²) in [5.41, 5.74) is 14.7. The molecule has 54 heavy (non-hydrogen) atoms. The highest BCUT2D eigenvalue weighted by Crippen LogP contribution is 2.47. The Kier molecular flexibility index (Phi) is 7.93. The zero-order valence-corrected chi connectivity index (χ0v) is 29.8. The van der Waals surface area contributed by atoms with Gasteiger partial charge in [-0.25, -0.2) is 0 Å². The van der Waals surface area contributed by atoms with Crippen molar-refractivity contribution in [2.75, 3.05) is 0 Å². The summed E-state index contributed by atoms with van der Waals surface area (Å²) in [5.74, 6) is 0. The molecule has 0 spiro atoms. The Morgan fingerprint density at radius 2 is 0.630 bits per heavy atom. The van der Waals surface area contributed by atoms with Gasteiger partial charge in [0.05, 0.1) is 0 Å². The lowest BCUT2D eigenvalue weighted by Gasteiger charge is -2.21. The van der Waals surface area contributed by atoms with Crippen molar-refractivity contribution in [1.29, 1.82) is 0 Å². The second-order valence-corrected chi connectivity index (χ2v) is 14.0. The van der Waals surface area contributed by atoms with Crippen LogP contribution in [0.1, 0.15) is 0 Å². The van der Waals surface area contributed by atoms with Gasteiger partial charge in [0, 0.05) is 0 Å². The SMILES string of the molecule is c1ccc(-c2ccc(-c3ccc(-c4cccc(-c5cccc6ccccc56)c4)cc3-c3c4ccccc4c(-c4ccccc4)c4ccccc34)cc2)cc1. The monoisotopic (exact) mass is 684 g/mol. The van der Waals surface area contributed by atoms with Crippen LogP contribution in [0.5, 0.6) is 0 Å². The lowest BCUT2D eigenvalue weighted by Crippen LogP contribution is -1.94. The molecule has 10 aromatic rings. The van der Waals surface area contributed by atoms with E-state index >= 15 is 0 Å². The average Bonchev–Trinajstić information content (AvgIpc) is 3.26. The fraction of sp³-hybridized carbons (Fsp3) is 0. The molecule has 0 radical (unpaired) electrons. The lowest BCUT2D eigenvalue weighted by molar-refractivity contribution is 1.57. The van der Waals surface area contributed by atoms with Gasteiger partial charge in [-0.3, -0.25) is 0 Å². The van der Waals surface area contributed by atoms with Crippen LogP contribution in [0.2, 0.25) is 0 Å². The predicted octanol–water partition coefficient (Wildman–Crippen LogP) is 15.1. The van der Waals surface area contributed by atoms with Gasteiger partial charge in [-0.1, -0.05) is 206 Å². The summed E-state index contributed by atoms with van der Waals surface area (Å²) < 4.78 is 0. The molecule has 0 saturated heterocycles. The molecule has 0 aliphatic carbocycles. The van der Waals surface area contributed by atoms with E-state index in [0.29, 0.717) is 0 Å². The topological polar surface area (TPSA) is 0 Å². The Labute approximate surface area is 316 Å². The van der Waals surface area contributed by atoms with E-state index in [-0.39, 0.29) is 0 Å². The highest BCUT2D eigenvalue weighted by atomic mass is 14.2. The maximum atomic E-state index is 2.43. The van der Waals surface area contributed by atoms with Gasteiger partial charge in [0.2, 0.25) is 0 Å². The van der Waals surface area contributed by atoms with Crippen molar-refractivity contribution in [2.45, 2.75) is 0 Å². The normalized spacial score (nSPS) is 11.3. The number of hydrogen-bond donors (Lipinski definition) is 0. The van der Waals surface area contributed by atoms with Crippen LogP contribution in [-0.2, 0) is 0 Å². The summed E-state index contributed by atoms with van der Waals surface area (Å²) in [6.07, 6.45) is 0. The van der Waals surface area contributed by atoms with E-state index in [1.54, 1.807) is 0 Å². The first-order valence-corrected chi connectivity index (χ1v) is 18.7. The predicted molar refractivity (Wildman–Crippen MR) is 232 cm³/mol. The highest BCUT2D eigenvalue weighted by molar-refractivity contribution is 6.22. The number of fused-ring (bicyclic) bond motifs is 3. The van der Waals surface area contributed by atoms with Gasteiger partial charge in [-0.15, -0.1) is 0 Å². The minimum Gasteiger partial charge on any atom is -0.0622 e. The van der Waals surface area contributed by atoms with E-state index in [0.717, 1.165) is 0 Å². The van der Waals surface area contributed by atoms with E-state index in [2.05, 4.69) is 218 Å². The zero-order chi connectivity index (χ0) is 35.8. The molecule has 0 aliphatic rings. The molecule has 0 fully saturated rings. The highest BCUT2D eigenvalue weighted by Gasteiger charge is 2.20. The first-order valence-electron chi connectivity index (χ1n) is 18.7. The molecule has 10 rings (SSSR count). The van der Waals surface area contributed by atoms with Gasteiger partial charge in [0.15, 0.2) is 0 Å². The Bertz CT molecular complexity index is 2890. The number of benzene rings is 10. The van der Waals surface area contributed by atoms with Crippen LogP contribution in [0.3, 0.4) is 0 Å². The third-order valence-electron chi connectivity index (χ3n) is 10.9. The molecule has 0 saturated carbocycles. The van der Waals surface area contributed by atoms with Gasteiger partial charge in [0.25, 0.3) is 0 Å². The Morgan fingerprint density at radius 3 is 1.31 bits per heavy atom. The van der Waals surface area contributed by atoms with Crippen LogP contribution in [0.4, 0.5) is 0 Å². The molecule has 10 aromatic carbocycles. The van der Waals surface area contributed by atoms with Crippen molar-refractivity contribution < 1.29 is 0 Å². The third-order valence-corrected chi connectivity index (χ3v) is 10.9. The van der Waals surface area contributed by atoms with Crippen LogP contribution in [0.15, 0.2) is 218 Å². The molecule has 0 aliphatic heterocycles. The van der Waals surface area contributed by atoms with E-state index in [4.69, 9.17) is 0 Å². The van der Waals surface area contributed by atoms with E-state index in [1.807, 2.05) is 0 Å². The summed E-state index contributed by atoms with van der Waals surface area (Å²) >= 11 is 0. The molecular formula is C54H36. The van der Waals surface area contributed by atoms with Gasteiger partial charge < -0.3 is 0 Å². The number of hydrogen-bond acceptors (Lipinski definition) is 0. The van der Waals surface area contributed by atoms with Gasteiger partial charge in [0.1, 0.15) is 0 Å². The van der Waals surface area contributed by atoms with Gasteiger partial charge >= 0.3 is 0 Å². The van der Waals surface area contributed by atoms with Crippen molar-refractivity contribution in [3.05, 3.63) is 218 Å². The van der Waals surface area contributed by atoms with E-state index in [1.165, 1.54) is 99.1 Å². The average molecular weight is 685 g/mol. The van der Waals surface area contributed by atoms with Gasteiger partial charge in [-0.2, -0.15) is 0 Å². The minimum atomic E-state index is 1.19. The summed E-state index contributed by atoms with van der Waals surface area (Å²) in [6, 6.07) is 79.8. The fourth-order valence-corrected chi connectivity index (χ4v) is 8.33. The quantitative estimate of drug-likeness (QED) is 0.153. The van der Waals surface area contributed by atoms with Crippen LogP contribution >= 0.6 is 0 Å². The fourth-order valence-electron chi connectivity index (χ4n) is 8.33. The summed E-state index contributed by atoms with van der Waals surface area (Å²) in [7, 11) is 0. The molecule has 0 heteroatoms. The largest absolute Gasteiger partial charge is 0.0622 e. The molecule has 0 nitrogen and oxygen atoms in total. The molecular weight excluding hydrogens is 649 g/mol. The molecule has 0 aromatic heterocycles. The van der Waals surface area contributed by atoms with Gasteiger partial charge in [-0.05, 0) is 111 Å². The molecule has 0 amide bonds. The van der Waals surface area contributed by atoms with Crippen LogP contribution in [0, 0.1) is 0 Å². The smallest absolute Gasteiger partial charge is 0.00199 e.